The lowest BCUT2D eigenvalue weighted by Gasteiger charge is -2.32. The summed E-state index contributed by atoms with van der Waals surface area (Å²) >= 11 is 5.49. The van der Waals surface area contributed by atoms with E-state index in [1.54, 1.807) is 11.9 Å². The molecule has 38 heavy (non-hydrogen) atoms. The number of amides is 2. The minimum atomic E-state index is -4.82. The number of nitriles is 1. The largest absolute Gasteiger partial charge is 0.417 e. The minimum absolute atomic E-state index is 0.0422. The molecule has 200 valence electrons. The SMILES string of the molecule is CN(C(=O)c1ccc(N2C(=S)N(c3ccc(C#N)c(C(F)(F)F)c3)C(=O)C2(C)C)cc1F)C1CCCCC1. The monoisotopic (exact) mass is 546 g/mol. The van der Waals surface area contributed by atoms with Gasteiger partial charge in [-0.05, 0) is 75.3 Å². The summed E-state index contributed by atoms with van der Waals surface area (Å²) < 4.78 is 55.9. The van der Waals surface area contributed by atoms with Gasteiger partial charge >= 0.3 is 6.18 Å². The van der Waals surface area contributed by atoms with Crippen LogP contribution in [0.5, 0.6) is 0 Å². The van der Waals surface area contributed by atoms with Crippen molar-refractivity contribution in [2.75, 3.05) is 16.8 Å². The zero-order valence-electron chi connectivity index (χ0n) is 21.1. The first-order valence-electron chi connectivity index (χ1n) is 12.2. The van der Waals surface area contributed by atoms with Crippen LogP contribution in [0.4, 0.5) is 28.9 Å². The Labute approximate surface area is 223 Å². The molecule has 0 atom stereocenters. The molecule has 4 rings (SSSR count). The van der Waals surface area contributed by atoms with Crippen molar-refractivity contribution < 1.29 is 27.2 Å². The van der Waals surface area contributed by atoms with Gasteiger partial charge in [-0.1, -0.05) is 19.3 Å². The van der Waals surface area contributed by atoms with Gasteiger partial charge in [0.15, 0.2) is 5.11 Å². The van der Waals surface area contributed by atoms with E-state index in [0.717, 1.165) is 49.1 Å². The quantitative estimate of drug-likeness (QED) is 0.346. The number of rotatable bonds is 4. The molecule has 1 heterocycles. The van der Waals surface area contributed by atoms with Gasteiger partial charge < -0.3 is 9.80 Å². The van der Waals surface area contributed by atoms with Gasteiger partial charge in [0.25, 0.3) is 11.8 Å². The van der Waals surface area contributed by atoms with E-state index < -0.39 is 40.5 Å². The predicted molar refractivity (Wildman–Crippen MR) is 138 cm³/mol. The standard InChI is InChI=1S/C27H26F4N4O2S/c1-26(2)24(37)34(18-10-9-16(15-32)21(13-18)27(29,30)31)25(38)35(26)19-11-12-20(22(28)14-19)23(36)33(3)17-7-5-4-6-8-17/h9-14,17H,4-8H2,1-3H3. The van der Waals surface area contributed by atoms with Gasteiger partial charge in [0.1, 0.15) is 11.4 Å². The Morgan fingerprint density at radius 1 is 1.11 bits per heavy atom. The summed E-state index contributed by atoms with van der Waals surface area (Å²) in [5.74, 6) is -1.87. The highest BCUT2D eigenvalue weighted by molar-refractivity contribution is 7.81. The van der Waals surface area contributed by atoms with Gasteiger partial charge in [0, 0.05) is 18.8 Å². The molecule has 1 saturated heterocycles. The maximum atomic E-state index is 15.3. The average Bonchev–Trinajstić information content (AvgIpc) is 3.05. The number of halogens is 4. The van der Waals surface area contributed by atoms with E-state index in [1.807, 2.05) is 0 Å². The lowest BCUT2D eigenvalue weighted by Crippen LogP contribution is -2.44. The number of hydrogen-bond acceptors (Lipinski definition) is 4. The summed E-state index contributed by atoms with van der Waals surface area (Å²) in [6.07, 6.45) is 0.0434. The van der Waals surface area contributed by atoms with E-state index in [1.165, 1.54) is 43.0 Å². The summed E-state index contributed by atoms with van der Waals surface area (Å²) in [7, 11) is 1.66. The summed E-state index contributed by atoms with van der Waals surface area (Å²) in [6, 6.07) is 8.34. The van der Waals surface area contributed by atoms with E-state index in [2.05, 4.69) is 0 Å². The molecule has 1 aliphatic heterocycles. The molecule has 0 spiro atoms. The van der Waals surface area contributed by atoms with Crippen molar-refractivity contribution in [1.29, 1.82) is 5.26 Å². The fourth-order valence-electron chi connectivity index (χ4n) is 5.10. The molecule has 0 N–H and O–H groups in total. The molecule has 1 aliphatic carbocycles. The van der Waals surface area contributed by atoms with E-state index >= 15 is 4.39 Å². The van der Waals surface area contributed by atoms with Crippen molar-refractivity contribution in [3.05, 3.63) is 58.9 Å². The molecular formula is C27H26F4N4O2S. The zero-order valence-corrected chi connectivity index (χ0v) is 21.9. The summed E-state index contributed by atoms with van der Waals surface area (Å²) in [5, 5.41) is 8.93. The highest BCUT2D eigenvalue weighted by Gasteiger charge is 2.51. The number of thiocarbonyl (C=S) groups is 1. The van der Waals surface area contributed by atoms with Crippen LogP contribution in [0.15, 0.2) is 36.4 Å². The van der Waals surface area contributed by atoms with Crippen LogP contribution in [0, 0.1) is 17.1 Å². The summed E-state index contributed by atoms with van der Waals surface area (Å²) in [4.78, 5) is 30.2. The Morgan fingerprint density at radius 2 is 1.74 bits per heavy atom. The molecule has 2 amide bonds. The van der Waals surface area contributed by atoms with Crippen LogP contribution in [-0.2, 0) is 11.0 Å². The van der Waals surface area contributed by atoms with Crippen molar-refractivity contribution in [3.63, 3.8) is 0 Å². The van der Waals surface area contributed by atoms with Crippen molar-refractivity contribution >= 4 is 40.5 Å². The van der Waals surface area contributed by atoms with Crippen LogP contribution in [0.1, 0.15) is 67.4 Å². The van der Waals surface area contributed by atoms with Gasteiger partial charge in [-0.3, -0.25) is 14.5 Å². The second-order valence-corrected chi connectivity index (χ2v) is 10.4. The topological polar surface area (TPSA) is 67.7 Å². The Balaban J connectivity index is 1.67. The molecule has 11 heteroatoms. The Kier molecular flexibility index (Phi) is 7.23. The van der Waals surface area contributed by atoms with Gasteiger partial charge in [-0.25, -0.2) is 4.39 Å². The number of hydrogen-bond donors (Lipinski definition) is 0. The number of carbonyl (C=O) groups is 2. The van der Waals surface area contributed by atoms with Crippen LogP contribution in [0.3, 0.4) is 0 Å². The first-order chi connectivity index (χ1) is 17.8. The van der Waals surface area contributed by atoms with Crippen molar-refractivity contribution in [3.8, 4) is 6.07 Å². The van der Waals surface area contributed by atoms with Gasteiger partial charge in [-0.15, -0.1) is 0 Å². The van der Waals surface area contributed by atoms with Crippen molar-refractivity contribution in [2.45, 2.75) is 63.7 Å². The Morgan fingerprint density at radius 3 is 2.32 bits per heavy atom. The molecule has 1 saturated carbocycles. The third-order valence-corrected chi connectivity index (χ3v) is 7.60. The van der Waals surface area contributed by atoms with Crippen molar-refractivity contribution in [2.24, 2.45) is 0 Å². The molecular weight excluding hydrogens is 520 g/mol. The third kappa shape index (κ3) is 4.73. The number of nitrogens with zero attached hydrogens (tertiary/aromatic N) is 4. The molecule has 2 aliphatic rings. The van der Waals surface area contributed by atoms with Crippen LogP contribution in [0.2, 0.25) is 0 Å². The first kappa shape index (κ1) is 27.5. The first-order valence-corrected chi connectivity index (χ1v) is 12.6. The molecule has 0 radical (unpaired) electrons. The van der Waals surface area contributed by atoms with Crippen LogP contribution >= 0.6 is 12.2 Å². The summed E-state index contributed by atoms with van der Waals surface area (Å²) in [6.45, 7) is 3.04. The summed E-state index contributed by atoms with van der Waals surface area (Å²) in [5.41, 5.74) is -3.26. The molecule has 6 nitrogen and oxygen atoms in total. The Bertz CT molecular complexity index is 1350. The molecule has 2 fully saturated rings. The average molecular weight is 547 g/mol. The third-order valence-electron chi connectivity index (χ3n) is 7.24. The fraction of sp³-hybridized carbons (Fsp3) is 0.407. The second kappa shape index (κ2) is 9.98. The maximum absolute atomic E-state index is 15.3. The lowest BCUT2D eigenvalue weighted by atomic mass is 9.94. The van der Waals surface area contributed by atoms with Crippen LogP contribution in [-0.4, -0.2) is 40.5 Å². The van der Waals surface area contributed by atoms with E-state index in [9.17, 15) is 22.8 Å². The number of benzene rings is 2. The van der Waals surface area contributed by atoms with Crippen LogP contribution < -0.4 is 9.80 Å². The van der Waals surface area contributed by atoms with E-state index in [4.69, 9.17) is 17.5 Å². The molecule has 0 unspecified atom stereocenters. The van der Waals surface area contributed by atoms with Gasteiger partial charge in [-0.2, -0.15) is 18.4 Å². The molecule has 2 aromatic rings. The number of carbonyl (C=O) groups excluding carboxylic acids is 2. The molecule has 2 aromatic carbocycles. The lowest BCUT2D eigenvalue weighted by molar-refractivity contribution is -0.137. The normalized spacial score (nSPS) is 18.1. The van der Waals surface area contributed by atoms with Gasteiger partial charge in [0.2, 0.25) is 0 Å². The predicted octanol–water partition coefficient (Wildman–Crippen LogP) is 6.04. The smallest absolute Gasteiger partial charge is 0.339 e. The zero-order chi connectivity index (χ0) is 28.0. The number of anilines is 2. The van der Waals surface area contributed by atoms with E-state index in [-0.39, 0.29) is 28.1 Å². The fourth-order valence-corrected chi connectivity index (χ4v) is 5.62. The number of alkyl halides is 3. The minimum Gasteiger partial charge on any atom is -0.339 e. The van der Waals surface area contributed by atoms with Gasteiger partial charge in [0.05, 0.1) is 28.4 Å². The van der Waals surface area contributed by atoms with Crippen LogP contribution in [0.25, 0.3) is 0 Å². The van der Waals surface area contributed by atoms with Crippen molar-refractivity contribution in [1.82, 2.24) is 4.90 Å². The maximum Gasteiger partial charge on any atom is 0.417 e. The highest BCUT2D eigenvalue weighted by atomic mass is 32.1. The van der Waals surface area contributed by atoms with E-state index in [0.29, 0.717) is 6.07 Å². The second-order valence-electron chi connectivity index (χ2n) is 10.0. The Hall–Kier alpha value is -3.52. The highest BCUT2D eigenvalue weighted by Crippen LogP contribution is 2.40. The molecule has 0 aromatic heterocycles. The molecule has 0 bridgehead atoms.